The van der Waals surface area contributed by atoms with Crippen molar-refractivity contribution in [3.05, 3.63) is 64.7 Å². The summed E-state index contributed by atoms with van der Waals surface area (Å²) in [6.07, 6.45) is 0.598. The highest BCUT2D eigenvalue weighted by molar-refractivity contribution is 6.34. The highest BCUT2D eigenvalue weighted by Gasteiger charge is 2.20. The standard InChI is InChI=1S/C18H19ClN2O2/c19-17-7-2-1-6-16(17)18(23)20-14-5-3-4-13(10-14)11-21-9-8-15(22)12-21/h1-7,10,15,22H,8-9,11-12H2,(H,20,23)/t15-/m1/s1. The summed E-state index contributed by atoms with van der Waals surface area (Å²) in [6.45, 7) is 2.38. The molecule has 0 unspecified atom stereocenters. The predicted molar refractivity (Wildman–Crippen MR) is 91.7 cm³/mol. The van der Waals surface area contributed by atoms with E-state index in [1.165, 1.54) is 0 Å². The summed E-state index contributed by atoms with van der Waals surface area (Å²) in [6, 6.07) is 14.7. The van der Waals surface area contributed by atoms with Gasteiger partial charge in [-0.25, -0.2) is 0 Å². The van der Waals surface area contributed by atoms with Crippen molar-refractivity contribution in [2.24, 2.45) is 0 Å². The molecule has 3 rings (SSSR count). The first-order valence-corrected chi connectivity index (χ1v) is 8.05. The van der Waals surface area contributed by atoms with Gasteiger partial charge < -0.3 is 10.4 Å². The first-order chi connectivity index (χ1) is 11.1. The fourth-order valence-corrected chi connectivity index (χ4v) is 3.03. The van der Waals surface area contributed by atoms with Crippen LogP contribution in [-0.2, 0) is 6.54 Å². The number of likely N-dealkylation sites (tertiary alicyclic amines) is 1. The molecule has 1 aliphatic heterocycles. The zero-order valence-electron chi connectivity index (χ0n) is 12.7. The fraction of sp³-hybridized carbons (Fsp3) is 0.278. The van der Waals surface area contributed by atoms with Crippen LogP contribution in [0.15, 0.2) is 48.5 Å². The quantitative estimate of drug-likeness (QED) is 0.905. The average molecular weight is 331 g/mol. The van der Waals surface area contributed by atoms with Gasteiger partial charge in [0.25, 0.3) is 5.91 Å². The number of aliphatic hydroxyl groups is 1. The van der Waals surface area contributed by atoms with Gasteiger partial charge in [-0.05, 0) is 36.2 Å². The molecule has 1 heterocycles. The van der Waals surface area contributed by atoms with Crippen LogP contribution in [0.25, 0.3) is 0 Å². The molecule has 2 N–H and O–H groups in total. The van der Waals surface area contributed by atoms with Crippen LogP contribution in [0, 0.1) is 0 Å². The number of rotatable bonds is 4. The molecule has 0 radical (unpaired) electrons. The van der Waals surface area contributed by atoms with Crippen molar-refractivity contribution >= 4 is 23.2 Å². The number of halogens is 1. The number of nitrogens with zero attached hydrogens (tertiary/aromatic N) is 1. The van der Waals surface area contributed by atoms with Crippen molar-refractivity contribution in [2.45, 2.75) is 19.1 Å². The van der Waals surface area contributed by atoms with Crippen molar-refractivity contribution < 1.29 is 9.90 Å². The number of anilines is 1. The van der Waals surface area contributed by atoms with Gasteiger partial charge in [-0.1, -0.05) is 35.9 Å². The second kappa shape index (κ2) is 7.13. The number of carbonyl (C=O) groups is 1. The SMILES string of the molecule is O=C(Nc1cccc(CN2CC[C@@H](O)C2)c1)c1ccccc1Cl. The van der Waals surface area contributed by atoms with Gasteiger partial charge in [0.15, 0.2) is 0 Å². The number of hydrogen-bond donors (Lipinski definition) is 2. The van der Waals surface area contributed by atoms with Crippen molar-refractivity contribution in [3.8, 4) is 0 Å². The Balaban J connectivity index is 1.68. The first-order valence-electron chi connectivity index (χ1n) is 7.67. The van der Waals surface area contributed by atoms with Crippen LogP contribution >= 0.6 is 11.6 Å². The highest BCUT2D eigenvalue weighted by atomic mass is 35.5. The Morgan fingerprint density at radius 1 is 1.26 bits per heavy atom. The summed E-state index contributed by atoms with van der Waals surface area (Å²) in [4.78, 5) is 14.5. The molecule has 2 aromatic rings. The minimum absolute atomic E-state index is 0.218. The third-order valence-corrected chi connectivity index (χ3v) is 4.29. The van der Waals surface area contributed by atoms with Crippen LogP contribution in [0.1, 0.15) is 22.3 Å². The van der Waals surface area contributed by atoms with E-state index >= 15 is 0 Å². The lowest BCUT2D eigenvalue weighted by Gasteiger charge is -2.15. The van der Waals surface area contributed by atoms with Gasteiger partial charge in [0.1, 0.15) is 0 Å². The minimum atomic E-state index is -0.224. The summed E-state index contributed by atoms with van der Waals surface area (Å²) < 4.78 is 0. The molecule has 5 heteroatoms. The van der Waals surface area contributed by atoms with Crippen molar-refractivity contribution in [3.63, 3.8) is 0 Å². The Bertz CT molecular complexity index is 705. The van der Waals surface area contributed by atoms with E-state index in [9.17, 15) is 9.90 Å². The van der Waals surface area contributed by atoms with Crippen LogP contribution in [0.2, 0.25) is 5.02 Å². The molecule has 0 spiro atoms. The normalized spacial score (nSPS) is 18.1. The van der Waals surface area contributed by atoms with E-state index in [0.29, 0.717) is 17.1 Å². The summed E-state index contributed by atoms with van der Waals surface area (Å²) in [7, 11) is 0. The van der Waals surface area contributed by atoms with E-state index in [2.05, 4.69) is 10.2 Å². The molecule has 23 heavy (non-hydrogen) atoms. The highest BCUT2D eigenvalue weighted by Crippen LogP contribution is 2.19. The molecule has 0 bridgehead atoms. The molecule has 4 nitrogen and oxygen atoms in total. The maximum atomic E-state index is 12.3. The third-order valence-electron chi connectivity index (χ3n) is 3.96. The van der Waals surface area contributed by atoms with Crippen molar-refractivity contribution in [1.82, 2.24) is 4.90 Å². The predicted octanol–water partition coefficient (Wildman–Crippen LogP) is 3.16. The van der Waals surface area contributed by atoms with E-state index in [-0.39, 0.29) is 12.0 Å². The Labute approximate surface area is 140 Å². The van der Waals surface area contributed by atoms with Gasteiger partial charge in [0, 0.05) is 25.3 Å². The first kappa shape index (κ1) is 16.0. The van der Waals surface area contributed by atoms with Crippen molar-refractivity contribution in [1.29, 1.82) is 0 Å². The summed E-state index contributed by atoms with van der Waals surface area (Å²) in [5, 5.41) is 12.9. The molecular formula is C18H19ClN2O2. The smallest absolute Gasteiger partial charge is 0.257 e. The Morgan fingerprint density at radius 3 is 2.83 bits per heavy atom. The average Bonchev–Trinajstić information content (AvgIpc) is 2.93. The molecule has 1 aliphatic rings. The van der Waals surface area contributed by atoms with Gasteiger partial charge in [0.05, 0.1) is 16.7 Å². The van der Waals surface area contributed by atoms with Gasteiger partial charge >= 0.3 is 0 Å². The fourth-order valence-electron chi connectivity index (χ4n) is 2.81. The zero-order chi connectivity index (χ0) is 16.2. The van der Waals surface area contributed by atoms with E-state index in [1.54, 1.807) is 24.3 Å². The molecule has 1 saturated heterocycles. The number of β-amino-alcohol motifs (C(OH)–C–C–N with tert-alkyl or cyclic N) is 1. The Kier molecular flexibility index (Phi) is 4.96. The van der Waals surface area contributed by atoms with Crippen LogP contribution < -0.4 is 5.32 Å². The number of amides is 1. The van der Waals surface area contributed by atoms with Crippen LogP contribution in [0.4, 0.5) is 5.69 Å². The van der Waals surface area contributed by atoms with E-state index in [0.717, 1.165) is 30.8 Å². The van der Waals surface area contributed by atoms with E-state index in [4.69, 9.17) is 11.6 Å². The Hall–Kier alpha value is -1.88. The molecule has 120 valence electrons. The van der Waals surface area contributed by atoms with Crippen LogP contribution in [0.5, 0.6) is 0 Å². The molecule has 1 amide bonds. The maximum Gasteiger partial charge on any atom is 0.257 e. The molecular weight excluding hydrogens is 312 g/mol. The lowest BCUT2D eigenvalue weighted by atomic mass is 10.1. The Morgan fingerprint density at radius 2 is 2.09 bits per heavy atom. The van der Waals surface area contributed by atoms with Gasteiger partial charge in [-0.15, -0.1) is 0 Å². The second-order valence-electron chi connectivity index (χ2n) is 5.81. The van der Waals surface area contributed by atoms with E-state index < -0.39 is 0 Å². The van der Waals surface area contributed by atoms with Crippen LogP contribution in [0.3, 0.4) is 0 Å². The molecule has 2 aromatic carbocycles. The number of nitrogens with one attached hydrogen (secondary N) is 1. The molecule has 0 saturated carbocycles. The third kappa shape index (κ3) is 4.10. The largest absolute Gasteiger partial charge is 0.392 e. The monoisotopic (exact) mass is 330 g/mol. The number of carbonyl (C=O) groups excluding carboxylic acids is 1. The number of hydrogen-bond acceptors (Lipinski definition) is 3. The van der Waals surface area contributed by atoms with Crippen LogP contribution in [-0.4, -0.2) is 35.1 Å². The second-order valence-corrected chi connectivity index (χ2v) is 6.22. The lowest BCUT2D eigenvalue weighted by Crippen LogP contribution is -2.21. The topological polar surface area (TPSA) is 52.6 Å². The molecule has 0 aromatic heterocycles. The lowest BCUT2D eigenvalue weighted by molar-refractivity contribution is 0.102. The van der Waals surface area contributed by atoms with E-state index in [1.807, 2.05) is 24.3 Å². The minimum Gasteiger partial charge on any atom is -0.392 e. The number of benzene rings is 2. The summed E-state index contributed by atoms with van der Waals surface area (Å²) >= 11 is 6.05. The number of aliphatic hydroxyl groups excluding tert-OH is 1. The molecule has 1 fully saturated rings. The van der Waals surface area contributed by atoms with Gasteiger partial charge in [0.2, 0.25) is 0 Å². The molecule has 1 atom stereocenters. The summed E-state index contributed by atoms with van der Waals surface area (Å²) in [5.41, 5.74) is 2.31. The van der Waals surface area contributed by atoms with Crippen molar-refractivity contribution in [2.75, 3.05) is 18.4 Å². The zero-order valence-corrected chi connectivity index (χ0v) is 13.5. The maximum absolute atomic E-state index is 12.3. The van der Waals surface area contributed by atoms with Gasteiger partial charge in [-0.3, -0.25) is 9.69 Å². The summed E-state index contributed by atoms with van der Waals surface area (Å²) in [5.74, 6) is -0.218. The van der Waals surface area contributed by atoms with Gasteiger partial charge in [-0.2, -0.15) is 0 Å². The molecule has 0 aliphatic carbocycles.